The van der Waals surface area contributed by atoms with Crippen LogP contribution in [0.15, 0.2) is 77.7 Å². The second-order valence-electron chi connectivity index (χ2n) is 7.25. The third kappa shape index (κ3) is 3.74. The van der Waals surface area contributed by atoms with Crippen LogP contribution >= 0.6 is 0 Å². The highest BCUT2D eigenvalue weighted by Gasteiger charge is 2.51. The summed E-state index contributed by atoms with van der Waals surface area (Å²) in [5.41, 5.74) is 2.34. The average Bonchev–Trinajstić information content (AvgIpc) is 3.51. The van der Waals surface area contributed by atoms with Crippen LogP contribution in [0.1, 0.15) is 29.5 Å². The Hall–Kier alpha value is -3.21. The average molecular weight is 376 g/mol. The van der Waals surface area contributed by atoms with E-state index >= 15 is 0 Å². The van der Waals surface area contributed by atoms with Crippen molar-refractivity contribution in [1.29, 1.82) is 0 Å². The molecule has 0 spiro atoms. The van der Waals surface area contributed by atoms with Gasteiger partial charge in [-0.15, -0.1) is 0 Å². The van der Waals surface area contributed by atoms with Crippen LogP contribution in [0, 0.1) is 5.82 Å². The number of nitrogens with zero attached hydrogens (tertiary/aromatic N) is 1. The summed E-state index contributed by atoms with van der Waals surface area (Å²) < 4.78 is 14.8. The Morgan fingerprint density at radius 2 is 1.64 bits per heavy atom. The molecule has 2 aromatic carbocycles. The molecule has 0 saturated heterocycles. The van der Waals surface area contributed by atoms with Gasteiger partial charge in [0.05, 0.1) is 12.0 Å². The van der Waals surface area contributed by atoms with Gasteiger partial charge in [-0.25, -0.2) is 4.39 Å². The van der Waals surface area contributed by atoms with Crippen molar-refractivity contribution < 1.29 is 9.18 Å². The summed E-state index contributed by atoms with van der Waals surface area (Å²) in [7, 11) is 0. The number of hydrogen-bond acceptors (Lipinski definition) is 2. The van der Waals surface area contributed by atoms with Crippen molar-refractivity contribution in [1.82, 2.24) is 9.88 Å². The van der Waals surface area contributed by atoms with Crippen molar-refractivity contribution in [2.24, 2.45) is 0 Å². The summed E-state index contributed by atoms with van der Waals surface area (Å²) >= 11 is 0. The third-order valence-corrected chi connectivity index (χ3v) is 5.31. The van der Waals surface area contributed by atoms with Gasteiger partial charge in [-0.05, 0) is 47.7 Å². The van der Waals surface area contributed by atoms with Crippen LogP contribution in [-0.4, -0.2) is 10.5 Å². The molecule has 28 heavy (non-hydrogen) atoms. The van der Waals surface area contributed by atoms with Crippen molar-refractivity contribution in [3.8, 4) is 0 Å². The molecule has 4 nitrogen and oxygen atoms in total. The van der Waals surface area contributed by atoms with E-state index < -0.39 is 5.41 Å². The SMILES string of the molecule is O=C(NCc1ccc(Cn2ccccc2=O)cc1)C1(c2ccc(F)cc2)CC1. The molecule has 1 saturated carbocycles. The second kappa shape index (κ2) is 7.43. The fraction of sp³-hybridized carbons (Fsp3) is 0.217. The molecule has 1 N–H and O–H groups in total. The Morgan fingerprint density at radius 3 is 2.29 bits per heavy atom. The van der Waals surface area contributed by atoms with E-state index in [1.54, 1.807) is 35.0 Å². The first-order valence-corrected chi connectivity index (χ1v) is 9.34. The molecule has 1 aliphatic rings. The minimum Gasteiger partial charge on any atom is -0.351 e. The quantitative estimate of drug-likeness (QED) is 0.717. The monoisotopic (exact) mass is 376 g/mol. The van der Waals surface area contributed by atoms with Crippen LogP contribution in [0.3, 0.4) is 0 Å². The van der Waals surface area contributed by atoms with Crippen molar-refractivity contribution in [2.45, 2.75) is 31.3 Å². The van der Waals surface area contributed by atoms with Gasteiger partial charge in [-0.3, -0.25) is 9.59 Å². The van der Waals surface area contributed by atoms with E-state index in [0.29, 0.717) is 13.1 Å². The lowest BCUT2D eigenvalue weighted by Gasteiger charge is -2.16. The lowest BCUT2D eigenvalue weighted by atomic mass is 9.95. The van der Waals surface area contributed by atoms with Gasteiger partial charge >= 0.3 is 0 Å². The van der Waals surface area contributed by atoms with Crippen LogP contribution < -0.4 is 10.9 Å². The second-order valence-corrected chi connectivity index (χ2v) is 7.25. The zero-order valence-corrected chi connectivity index (χ0v) is 15.4. The maximum Gasteiger partial charge on any atom is 0.250 e. The minimum atomic E-state index is -0.512. The molecule has 4 rings (SSSR count). The van der Waals surface area contributed by atoms with Gasteiger partial charge in [0.25, 0.3) is 5.56 Å². The molecule has 1 fully saturated rings. The molecule has 1 aromatic heterocycles. The van der Waals surface area contributed by atoms with Crippen LogP contribution in [0.2, 0.25) is 0 Å². The molecule has 142 valence electrons. The van der Waals surface area contributed by atoms with E-state index in [4.69, 9.17) is 0 Å². The topological polar surface area (TPSA) is 51.1 Å². The van der Waals surface area contributed by atoms with Gasteiger partial charge in [0.15, 0.2) is 0 Å². The van der Waals surface area contributed by atoms with Crippen LogP contribution in [0.5, 0.6) is 0 Å². The predicted octanol–water partition coefficient (Wildman–Crippen LogP) is 3.38. The number of halogens is 1. The highest BCUT2D eigenvalue weighted by Crippen LogP contribution is 2.48. The Kier molecular flexibility index (Phi) is 4.82. The van der Waals surface area contributed by atoms with Gasteiger partial charge < -0.3 is 9.88 Å². The molecule has 0 unspecified atom stereocenters. The number of pyridine rings is 1. The number of nitrogens with one attached hydrogen (secondary N) is 1. The Balaban J connectivity index is 1.37. The molecule has 0 atom stereocenters. The minimum absolute atomic E-state index is 0.0148. The summed E-state index contributed by atoms with van der Waals surface area (Å²) in [6.45, 7) is 0.952. The van der Waals surface area contributed by atoms with E-state index in [-0.39, 0.29) is 17.3 Å². The van der Waals surface area contributed by atoms with Gasteiger partial charge in [-0.1, -0.05) is 42.5 Å². The summed E-state index contributed by atoms with van der Waals surface area (Å²) in [5, 5.41) is 3.01. The molecule has 5 heteroatoms. The van der Waals surface area contributed by atoms with E-state index in [0.717, 1.165) is 29.5 Å². The molecule has 1 heterocycles. The summed E-state index contributed by atoms with van der Waals surface area (Å²) in [4.78, 5) is 24.5. The Morgan fingerprint density at radius 1 is 0.964 bits per heavy atom. The first-order chi connectivity index (χ1) is 13.6. The standard InChI is InChI=1S/C23H21FN2O2/c24-20-10-8-19(9-11-20)23(12-13-23)22(28)25-15-17-4-6-18(7-5-17)16-26-14-2-1-3-21(26)27/h1-11,14H,12-13,15-16H2,(H,25,28). The van der Waals surface area contributed by atoms with Crippen molar-refractivity contribution in [3.05, 3.63) is 106 Å². The molecular formula is C23H21FN2O2. The Labute approximate surface area is 162 Å². The summed E-state index contributed by atoms with van der Waals surface area (Å²) in [6.07, 6.45) is 3.34. The number of rotatable bonds is 6. The van der Waals surface area contributed by atoms with E-state index in [1.807, 2.05) is 30.3 Å². The number of benzene rings is 2. The fourth-order valence-corrected chi connectivity index (χ4v) is 3.44. The van der Waals surface area contributed by atoms with Crippen molar-refractivity contribution >= 4 is 5.91 Å². The van der Waals surface area contributed by atoms with Crippen LogP contribution in [0.4, 0.5) is 4.39 Å². The van der Waals surface area contributed by atoms with Crippen molar-refractivity contribution in [3.63, 3.8) is 0 Å². The lowest BCUT2D eigenvalue weighted by molar-refractivity contribution is -0.123. The van der Waals surface area contributed by atoms with Gasteiger partial charge in [0.2, 0.25) is 5.91 Å². The normalized spacial score (nSPS) is 14.5. The summed E-state index contributed by atoms with van der Waals surface area (Å²) in [6, 6.07) is 19.1. The molecule has 0 bridgehead atoms. The smallest absolute Gasteiger partial charge is 0.250 e. The zero-order valence-electron chi connectivity index (χ0n) is 15.4. The maximum atomic E-state index is 13.1. The fourth-order valence-electron chi connectivity index (χ4n) is 3.44. The number of carbonyl (C=O) groups excluding carboxylic acids is 1. The predicted molar refractivity (Wildman–Crippen MR) is 105 cm³/mol. The van der Waals surface area contributed by atoms with Crippen molar-refractivity contribution in [2.75, 3.05) is 0 Å². The first-order valence-electron chi connectivity index (χ1n) is 9.34. The highest BCUT2D eigenvalue weighted by molar-refractivity contribution is 5.91. The van der Waals surface area contributed by atoms with E-state index in [1.165, 1.54) is 12.1 Å². The lowest BCUT2D eigenvalue weighted by Crippen LogP contribution is -2.34. The number of amides is 1. The van der Waals surface area contributed by atoms with Crippen LogP contribution in [0.25, 0.3) is 0 Å². The Bertz CT molecular complexity index is 1040. The number of aromatic nitrogens is 1. The third-order valence-electron chi connectivity index (χ3n) is 5.31. The van der Waals surface area contributed by atoms with Gasteiger partial charge in [-0.2, -0.15) is 0 Å². The number of hydrogen-bond donors (Lipinski definition) is 1. The first kappa shape index (κ1) is 18.2. The summed E-state index contributed by atoms with van der Waals surface area (Å²) in [5.74, 6) is -0.308. The van der Waals surface area contributed by atoms with Gasteiger partial charge in [0, 0.05) is 18.8 Å². The van der Waals surface area contributed by atoms with E-state index in [9.17, 15) is 14.0 Å². The number of carbonyl (C=O) groups is 1. The van der Waals surface area contributed by atoms with Crippen LogP contribution in [-0.2, 0) is 23.3 Å². The molecule has 1 aliphatic carbocycles. The van der Waals surface area contributed by atoms with Gasteiger partial charge in [0.1, 0.15) is 5.82 Å². The molecule has 0 aliphatic heterocycles. The molecule has 0 radical (unpaired) electrons. The largest absolute Gasteiger partial charge is 0.351 e. The zero-order chi connectivity index (χ0) is 19.6. The molecule has 3 aromatic rings. The molecular weight excluding hydrogens is 355 g/mol. The van der Waals surface area contributed by atoms with E-state index in [2.05, 4.69) is 5.32 Å². The molecule has 1 amide bonds. The highest BCUT2D eigenvalue weighted by atomic mass is 19.1. The maximum absolute atomic E-state index is 13.1.